The Labute approximate surface area is 128 Å². The van der Waals surface area contributed by atoms with E-state index in [0.717, 1.165) is 17.8 Å². The second-order valence-corrected chi connectivity index (χ2v) is 8.43. The van der Waals surface area contributed by atoms with E-state index in [1.807, 2.05) is 0 Å². The van der Waals surface area contributed by atoms with Crippen LogP contribution in [-0.2, 0) is 0 Å². The molecule has 0 spiro atoms. The Morgan fingerprint density at radius 1 is 1.05 bits per heavy atom. The summed E-state index contributed by atoms with van der Waals surface area (Å²) in [4.78, 5) is 0. The first-order valence-corrected chi connectivity index (χ1v) is 8.85. The Morgan fingerprint density at radius 2 is 1.65 bits per heavy atom. The summed E-state index contributed by atoms with van der Waals surface area (Å²) in [5.41, 5.74) is 2.63. The van der Waals surface area contributed by atoms with Crippen molar-refractivity contribution < 1.29 is 0 Å². The Balaban J connectivity index is 2.62. The van der Waals surface area contributed by atoms with E-state index in [1.165, 1.54) is 32.1 Å². The average Bonchev–Trinajstić information content (AvgIpc) is 2.87. The summed E-state index contributed by atoms with van der Waals surface area (Å²) >= 11 is 0. The van der Waals surface area contributed by atoms with E-state index in [-0.39, 0.29) is 0 Å². The van der Waals surface area contributed by atoms with Gasteiger partial charge in [-0.15, -0.1) is 0 Å². The molecule has 0 aliphatic heterocycles. The summed E-state index contributed by atoms with van der Waals surface area (Å²) in [6.07, 6.45) is 9.29. The smallest absolute Gasteiger partial charge is 0.00843 e. The molecule has 0 aromatic heterocycles. The van der Waals surface area contributed by atoms with Gasteiger partial charge in [-0.3, -0.25) is 0 Å². The minimum atomic E-state index is 0.465. The molecule has 0 bridgehead atoms. The highest BCUT2D eigenvalue weighted by Crippen LogP contribution is 2.68. The summed E-state index contributed by atoms with van der Waals surface area (Å²) in [6.45, 7) is 19.2. The summed E-state index contributed by atoms with van der Waals surface area (Å²) < 4.78 is 0. The number of rotatable bonds is 8. The van der Waals surface area contributed by atoms with E-state index in [4.69, 9.17) is 0 Å². The second kappa shape index (κ2) is 6.67. The van der Waals surface area contributed by atoms with Gasteiger partial charge in [0.15, 0.2) is 0 Å². The van der Waals surface area contributed by atoms with Gasteiger partial charge in [-0.1, -0.05) is 73.0 Å². The molecule has 1 saturated carbocycles. The molecule has 118 valence electrons. The molecule has 0 saturated heterocycles. The van der Waals surface area contributed by atoms with Crippen LogP contribution in [0, 0.1) is 28.6 Å². The minimum Gasteiger partial charge on any atom is -0.0791 e. The molecule has 5 atom stereocenters. The third-order valence-electron chi connectivity index (χ3n) is 6.33. The van der Waals surface area contributed by atoms with Gasteiger partial charge in [0.1, 0.15) is 0 Å². The van der Waals surface area contributed by atoms with E-state index in [1.54, 1.807) is 5.57 Å². The minimum absolute atomic E-state index is 0.465. The van der Waals surface area contributed by atoms with Crippen LogP contribution in [0.1, 0.15) is 87.5 Å². The molecule has 20 heavy (non-hydrogen) atoms. The summed E-state index contributed by atoms with van der Waals surface area (Å²) in [7, 11) is 0. The predicted molar refractivity (Wildman–Crippen MR) is 91.9 cm³/mol. The van der Waals surface area contributed by atoms with Crippen molar-refractivity contribution >= 4 is 0 Å². The van der Waals surface area contributed by atoms with Crippen LogP contribution < -0.4 is 0 Å². The lowest BCUT2D eigenvalue weighted by Gasteiger charge is -2.25. The van der Waals surface area contributed by atoms with Crippen molar-refractivity contribution in [3.05, 3.63) is 11.6 Å². The van der Waals surface area contributed by atoms with Crippen molar-refractivity contribution in [2.45, 2.75) is 87.5 Å². The fraction of sp³-hybridized carbons (Fsp3) is 0.900. The van der Waals surface area contributed by atoms with Gasteiger partial charge in [-0.2, -0.15) is 0 Å². The molecule has 5 unspecified atom stereocenters. The van der Waals surface area contributed by atoms with Gasteiger partial charge in [0.25, 0.3) is 0 Å². The predicted octanol–water partition coefficient (Wildman–Crippen LogP) is 6.86. The number of hydrogen-bond donors (Lipinski definition) is 0. The summed E-state index contributed by atoms with van der Waals surface area (Å²) in [5, 5.41) is 0. The van der Waals surface area contributed by atoms with Crippen molar-refractivity contribution in [1.29, 1.82) is 0 Å². The standard InChI is InChI=1S/C20H38/c1-9-15(3)11-16(4)12-19(7)14-20(19,8)13-18(6)17(5)10-2/h12,15,17-18H,9-11,13-14H2,1-8H3. The lowest BCUT2D eigenvalue weighted by Crippen LogP contribution is -2.15. The maximum Gasteiger partial charge on any atom is -0.00843 e. The molecule has 1 fully saturated rings. The largest absolute Gasteiger partial charge is 0.0791 e. The van der Waals surface area contributed by atoms with Crippen molar-refractivity contribution in [3.63, 3.8) is 0 Å². The quantitative estimate of drug-likeness (QED) is 0.425. The van der Waals surface area contributed by atoms with Gasteiger partial charge in [0.05, 0.1) is 0 Å². The molecule has 1 aliphatic carbocycles. The zero-order valence-corrected chi connectivity index (χ0v) is 15.3. The van der Waals surface area contributed by atoms with Gasteiger partial charge < -0.3 is 0 Å². The topological polar surface area (TPSA) is 0 Å². The molecular formula is C20H38. The van der Waals surface area contributed by atoms with Crippen molar-refractivity contribution in [1.82, 2.24) is 0 Å². The second-order valence-electron chi connectivity index (χ2n) is 8.43. The maximum atomic E-state index is 2.61. The number of hydrogen-bond acceptors (Lipinski definition) is 0. The van der Waals surface area contributed by atoms with Crippen molar-refractivity contribution in [2.75, 3.05) is 0 Å². The Morgan fingerprint density at radius 3 is 2.15 bits per heavy atom. The third-order valence-corrected chi connectivity index (χ3v) is 6.33. The van der Waals surface area contributed by atoms with Crippen LogP contribution in [-0.4, -0.2) is 0 Å². The first kappa shape index (κ1) is 17.8. The fourth-order valence-electron chi connectivity index (χ4n) is 3.91. The molecular weight excluding hydrogens is 240 g/mol. The van der Waals surface area contributed by atoms with Crippen LogP contribution in [0.2, 0.25) is 0 Å². The van der Waals surface area contributed by atoms with Gasteiger partial charge in [0, 0.05) is 0 Å². The molecule has 0 heteroatoms. The van der Waals surface area contributed by atoms with E-state index in [0.29, 0.717) is 10.8 Å². The average molecular weight is 279 g/mol. The molecule has 0 N–H and O–H groups in total. The first-order chi connectivity index (χ1) is 9.17. The zero-order valence-electron chi connectivity index (χ0n) is 15.3. The van der Waals surface area contributed by atoms with Crippen LogP contribution in [0.5, 0.6) is 0 Å². The van der Waals surface area contributed by atoms with Gasteiger partial charge >= 0.3 is 0 Å². The van der Waals surface area contributed by atoms with Crippen LogP contribution >= 0.6 is 0 Å². The Kier molecular flexibility index (Phi) is 5.93. The number of allylic oxidation sites excluding steroid dienone is 2. The molecule has 0 aromatic carbocycles. The van der Waals surface area contributed by atoms with E-state index < -0.39 is 0 Å². The van der Waals surface area contributed by atoms with Crippen molar-refractivity contribution in [2.24, 2.45) is 28.6 Å². The monoisotopic (exact) mass is 278 g/mol. The maximum absolute atomic E-state index is 2.61. The molecule has 1 rings (SSSR count). The Hall–Kier alpha value is -0.260. The summed E-state index contributed by atoms with van der Waals surface area (Å²) in [6, 6.07) is 0. The molecule has 0 heterocycles. The van der Waals surface area contributed by atoms with Gasteiger partial charge in [0.2, 0.25) is 0 Å². The van der Waals surface area contributed by atoms with E-state index in [9.17, 15) is 0 Å². The van der Waals surface area contributed by atoms with Crippen LogP contribution in [0.3, 0.4) is 0 Å². The van der Waals surface area contributed by atoms with Gasteiger partial charge in [-0.25, -0.2) is 0 Å². The first-order valence-electron chi connectivity index (χ1n) is 8.85. The highest BCUT2D eigenvalue weighted by Gasteiger charge is 2.59. The highest BCUT2D eigenvalue weighted by atomic mass is 14.6. The molecule has 1 aliphatic rings. The van der Waals surface area contributed by atoms with E-state index in [2.05, 4.69) is 61.5 Å². The van der Waals surface area contributed by atoms with Crippen LogP contribution in [0.15, 0.2) is 11.6 Å². The molecule has 0 amide bonds. The molecule has 0 aromatic rings. The molecule has 0 radical (unpaired) electrons. The normalized spacial score (nSPS) is 34.7. The van der Waals surface area contributed by atoms with Crippen molar-refractivity contribution in [3.8, 4) is 0 Å². The Bertz CT molecular complexity index is 340. The lowest BCUT2D eigenvalue weighted by atomic mass is 9.80. The van der Waals surface area contributed by atoms with Crippen LogP contribution in [0.4, 0.5) is 0 Å². The SMILES string of the molecule is CCC(C)CC(C)=CC1(C)CC1(C)CC(C)C(C)CC. The van der Waals surface area contributed by atoms with Crippen LogP contribution in [0.25, 0.3) is 0 Å². The van der Waals surface area contributed by atoms with E-state index >= 15 is 0 Å². The third kappa shape index (κ3) is 4.12. The lowest BCUT2D eigenvalue weighted by molar-refractivity contribution is 0.270. The zero-order chi connectivity index (χ0) is 15.6. The fourth-order valence-corrected chi connectivity index (χ4v) is 3.91. The summed E-state index contributed by atoms with van der Waals surface area (Å²) in [5.74, 6) is 2.55. The highest BCUT2D eigenvalue weighted by molar-refractivity contribution is 5.23. The molecule has 0 nitrogen and oxygen atoms in total. The van der Waals surface area contributed by atoms with Gasteiger partial charge in [-0.05, 0) is 54.8 Å².